The Kier molecular flexibility index (Phi) is 5.42. The van der Waals surface area contributed by atoms with Crippen LogP contribution in [-0.2, 0) is 16.0 Å². The van der Waals surface area contributed by atoms with E-state index in [0.29, 0.717) is 11.1 Å². The molecular formula is C15H17FN2O3. The maximum absolute atomic E-state index is 13.1. The highest BCUT2D eigenvalue weighted by Gasteiger charge is 2.25. The second-order valence-electron chi connectivity index (χ2n) is 5.48. The molecule has 1 rings (SSSR count). The topological polar surface area (TPSA) is 79.2 Å². The van der Waals surface area contributed by atoms with Gasteiger partial charge in [0.2, 0.25) is 0 Å². The van der Waals surface area contributed by atoms with E-state index in [1.165, 1.54) is 0 Å². The van der Waals surface area contributed by atoms with E-state index in [9.17, 15) is 14.0 Å². The maximum atomic E-state index is 13.1. The molecule has 0 fully saturated rings. The monoisotopic (exact) mass is 292 g/mol. The quantitative estimate of drug-likeness (QED) is 0.865. The van der Waals surface area contributed by atoms with Crippen molar-refractivity contribution >= 4 is 12.1 Å². The zero-order valence-corrected chi connectivity index (χ0v) is 12.1. The molecule has 1 atom stereocenters. The average Bonchev–Trinajstić information content (AvgIpc) is 2.36. The third-order valence-corrected chi connectivity index (χ3v) is 2.53. The molecule has 0 radical (unpaired) electrons. The lowest BCUT2D eigenvalue weighted by molar-refractivity contribution is -0.131. The molecule has 1 aromatic rings. The summed E-state index contributed by atoms with van der Waals surface area (Å²) in [4.78, 5) is 22.6. The van der Waals surface area contributed by atoms with Gasteiger partial charge >= 0.3 is 12.1 Å². The van der Waals surface area contributed by atoms with Crippen molar-refractivity contribution in [2.24, 2.45) is 0 Å². The van der Waals surface area contributed by atoms with E-state index in [1.54, 1.807) is 45.0 Å². The number of amides is 1. The molecule has 0 aliphatic rings. The van der Waals surface area contributed by atoms with E-state index in [2.05, 4.69) is 5.32 Å². The molecule has 1 amide bonds. The summed E-state index contributed by atoms with van der Waals surface area (Å²) in [6.45, 7) is 4.97. The summed E-state index contributed by atoms with van der Waals surface area (Å²) in [5, 5.41) is 11.1. The van der Waals surface area contributed by atoms with Gasteiger partial charge in [0.15, 0.2) is 0 Å². The minimum atomic E-state index is -1.69. The highest BCUT2D eigenvalue weighted by atomic mass is 19.1. The first kappa shape index (κ1) is 16.6. The minimum absolute atomic E-state index is 0.113. The number of benzene rings is 1. The van der Waals surface area contributed by atoms with Gasteiger partial charge in [0.1, 0.15) is 11.6 Å². The Morgan fingerprint density at radius 1 is 1.38 bits per heavy atom. The average molecular weight is 292 g/mol. The number of nitrogens with one attached hydrogen (secondary N) is 1. The van der Waals surface area contributed by atoms with Gasteiger partial charge in [0.05, 0.1) is 11.6 Å². The molecule has 112 valence electrons. The molecular weight excluding hydrogens is 275 g/mol. The van der Waals surface area contributed by atoms with Gasteiger partial charge in [-0.2, -0.15) is 9.65 Å². The van der Waals surface area contributed by atoms with E-state index < -0.39 is 23.8 Å². The van der Waals surface area contributed by atoms with Crippen molar-refractivity contribution < 1.29 is 18.7 Å². The smallest absolute Gasteiger partial charge is 0.408 e. The predicted molar refractivity (Wildman–Crippen MR) is 74.1 cm³/mol. The summed E-state index contributed by atoms with van der Waals surface area (Å²) in [7, 11) is 0. The summed E-state index contributed by atoms with van der Waals surface area (Å²) in [5.74, 6) is 0. The van der Waals surface area contributed by atoms with Crippen LogP contribution in [0.25, 0.3) is 0 Å². The number of carbonyl (C=O) groups excluding carboxylic acids is 2. The first-order valence-corrected chi connectivity index (χ1v) is 6.40. The zero-order valence-electron chi connectivity index (χ0n) is 12.1. The minimum Gasteiger partial charge on any atom is -0.444 e. The third-order valence-electron chi connectivity index (χ3n) is 2.53. The van der Waals surface area contributed by atoms with Crippen LogP contribution in [0, 0.1) is 11.3 Å². The van der Waals surface area contributed by atoms with Crippen molar-refractivity contribution in [3.8, 4) is 6.07 Å². The highest BCUT2D eigenvalue weighted by molar-refractivity contribution is 5.81. The number of hydrogen-bond donors (Lipinski definition) is 1. The van der Waals surface area contributed by atoms with Crippen molar-refractivity contribution in [3.63, 3.8) is 0 Å². The summed E-state index contributed by atoms with van der Waals surface area (Å²) < 4.78 is 18.1. The van der Waals surface area contributed by atoms with Crippen LogP contribution in [0.2, 0.25) is 0 Å². The van der Waals surface area contributed by atoms with Crippen LogP contribution in [0.5, 0.6) is 0 Å². The number of halogens is 1. The van der Waals surface area contributed by atoms with E-state index in [-0.39, 0.29) is 6.42 Å². The first-order valence-electron chi connectivity index (χ1n) is 6.40. The number of carbonyl (C=O) groups is 2. The fraction of sp³-hybridized carbons (Fsp3) is 0.400. The van der Waals surface area contributed by atoms with E-state index in [0.717, 1.165) is 0 Å². The molecule has 0 bridgehead atoms. The van der Waals surface area contributed by atoms with Gasteiger partial charge in [-0.05, 0) is 32.4 Å². The zero-order chi connectivity index (χ0) is 16.0. The van der Waals surface area contributed by atoms with E-state index in [4.69, 9.17) is 10.00 Å². The normalized spacial score (nSPS) is 12.1. The van der Waals surface area contributed by atoms with Gasteiger partial charge in [-0.25, -0.2) is 4.79 Å². The molecule has 6 heteroatoms. The molecule has 0 heterocycles. The molecule has 0 aliphatic heterocycles. The lowest BCUT2D eigenvalue weighted by Gasteiger charge is -2.22. The van der Waals surface area contributed by atoms with E-state index in [1.807, 2.05) is 6.07 Å². The fourth-order valence-corrected chi connectivity index (χ4v) is 1.67. The van der Waals surface area contributed by atoms with E-state index >= 15 is 0 Å². The molecule has 0 saturated carbocycles. The lowest BCUT2D eigenvalue weighted by atomic mass is 10.0. The van der Waals surface area contributed by atoms with Crippen LogP contribution in [0.3, 0.4) is 0 Å². The van der Waals surface area contributed by atoms with Gasteiger partial charge in [-0.3, -0.25) is 4.79 Å². The van der Waals surface area contributed by atoms with Crippen LogP contribution >= 0.6 is 0 Å². The Labute approximate surface area is 122 Å². The Balaban J connectivity index is 2.82. The number of nitrogens with zero attached hydrogens (tertiary/aromatic N) is 1. The maximum Gasteiger partial charge on any atom is 0.408 e. The van der Waals surface area contributed by atoms with Crippen LogP contribution in [0.4, 0.5) is 9.18 Å². The molecule has 0 saturated heterocycles. The van der Waals surface area contributed by atoms with Gasteiger partial charge in [0.25, 0.3) is 0 Å². The summed E-state index contributed by atoms with van der Waals surface area (Å²) in [5.41, 5.74) is 0.0558. The third kappa shape index (κ3) is 5.61. The Morgan fingerprint density at radius 2 is 2.00 bits per heavy atom. The SMILES string of the molecule is CC(C)(C)OC(=O)NC(Cc1ccccc1C#N)C(=O)F. The van der Waals surface area contributed by atoms with Gasteiger partial charge in [-0.15, -0.1) is 0 Å². The number of nitriles is 1. The highest BCUT2D eigenvalue weighted by Crippen LogP contribution is 2.12. The van der Waals surface area contributed by atoms with Gasteiger partial charge in [0, 0.05) is 6.42 Å². The van der Waals surface area contributed by atoms with Crippen molar-refractivity contribution in [2.75, 3.05) is 0 Å². The Morgan fingerprint density at radius 3 is 2.52 bits per heavy atom. The second kappa shape index (κ2) is 6.84. The molecule has 1 aromatic carbocycles. The summed E-state index contributed by atoms with van der Waals surface area (Å²) in [6, 6.07) is 5.38. The second-order valence-corrected chi connectivity index (χ2v) is 5.48. The molecule has 0 aromatic heterocycles. The number of rotatable bonds is 4. The van der Waals surface area contributed by atoms with Crippen molar-refractivity contribution in [2.45, 2.75) is 38.8 Å². The van der Waals surface area contributed by atoms with Crippen molar-refractivity contribution in [1.29, 1.82) is 5.26 Å². The summed E-state index contributed by atoms with van der Waals surface area (Å²) >= 11 is 0. The van der Waals surface area contributed by atoms with Crippen LogP contribution in [0.15, 0.2) is 24.3 Å². The van der Waals surface area contributed by atoms with Gasteiger partial charge < -0.3 is 10.1 Å². The molecule has 1 N–H and O–H groups in total. The molecule has 0 aliphatic carbocycles. The molecule has 0 spiro atoms. The standard InChI is InChI=1S/C15H17FN2O3/c1-15(2,3)21-14(20)18-12(13(16)19)8-10-6-4-5-7-11(10)9-17/h4-7,12H,8H2,1-3H3,(H,18,20). The Bertz CT molecular complexity index is 573. The fourth-order valence-electron chi connectivity index (χ4n) is 1.67. The van der Waals surface area contributed by atoms with Crippen molar-refractivity contribution in [3.05, 3.63) is 35.4 Å². The predicted octanol–water partition coefficient (Wildman–Crippen LogP) is 2.49. The molecule has 5 nitrogen and oxygen atoms in total. The first-order chi connectivity index (χ1) is 9.73. The largest absolute Gasteiger partial charge is 0.444 e. The number of alkyl carbamates (subject to hydrolysis) is 1. The number of hydrogen-bond acceptors (Lipinski definition) is 4. The Hall–Kier alpha value is -2.42. The molecule has 1 unspecified atom stereocenters. The van der Waals surface area contributed by atoms with Crippen LogP contribution in [0.1, 0.15) is 31.9 Å². The number of ether oxygens (including phenoxy) is 1. The van der Waals surface area contributed by atoms with Crippen LogP contribution in [-0.4, -0.2) is 23.8 Å². The summed E-state index contributed by atoms with van der Waals surface area (Å²) in [6.07, 6.45) is -0.994. The van der Waals surface area contributed by atoms with Gasteiger partial charge in [-0.1, -0.05) is 18.2 Å². The lowest BCUT2D eigenvalue weighted by Crippen LogP contribution is -2.43. The van der Waals surface area contributed by atoms with Crippen molar-refractivity contribution in [1.82, 2.24) is 5.32 Å². The molecule has 21 heavy (non-hydrogen) atoms. The van der Waals surface area contributed by atoms with Crippen LogP contribution < -0.4 is 5.32 Å².